The van der Waals surface area contributed by atoms with Gasteiger partial charge in [0, 0.05) is 11.1 Å². The lowest BCUT2D eigenvalue weighted by atomic mass is 10.4. The summed E-state index contributed by atoms with van der Waals surface area (Å²) in [5, 5.41) is 3.93. The smallest absolute Gasteiger partial charge is 0.263 e. The van der Waals surface area contributed by atoms with Gasteiger partial charge >= 0.3 is 0 Å². The third-order valence-corrected chi connectivity index (χ3v) is 3.42. The lowest BCUT2D eigenvalue weighted by Crippen LogP contribution is -2.12. The summed E-state index contributed by atoms with van der Waals surface area (Å²) in [4.78, 5) is 0.111. The van der Waals surface area contributed by atoms with Crippen molar-refractivity contribution in [2.45, 2.75) is 4.90 Å². The summed E-state index contributed by atoms with van der Waals surface area (Å²) in [6.07, 6.45) is 1.28. The lowest BCUT2D eigenvalue weighted by molar-refractivity contribution is 0.423. The minimum Gasteiger partial charge on any atom is -0.363 e. The van der Waals surface area contributed by atoms with Crippen LogP contribution in [-0.4, -0.2) is 13.6 Å². The molecule has 1 aromatic carbocycles. The van der Waals surface area contributed by atoms with Gasteiger partial charge in [-0.25, -0.2) is 8.42 Å². The molecule has 0 saturated carbocycles. The molecular weight excluding hydrogens is 252 g/mol. The van der Waals surface area contributed by atoms with Crippen molar-refractivity contribution in [3.05, 3.63) is 41.6 Å². The van der Waals surface area contributed by atoms with E-state index in [1.54, 1.807) is 0 Å². The number of halogens is 1. The molecule has 0 aliphatic heterocycles. The molecule has 1 aromatic heterocycles. The van der Waals surface area contributed by atoms with Gasteiger partial charge in [0.1, 0.15) is 6.26 Å². The van der Waals surface area contributed by atoms with Gasteiger partial charge in [0.2, 0.25) is 0 Å². The van der Waals surface area contributed by atoms with Crippen molar-refractivity contribution in [2.24, 2.45) is 0 Å². The molecule has 0 bridgehead atoms. The van der Waals surface area contributed by atoms with Crippen LogP contribution >= 0.6 is 11.6 Å². The normalized spacial score (nSPS) is 11.3. The third-order valence-electron chi connectivity index (χ3n) is 1.80. The first-order valence-electron chi connectivity index (χ1n) is 4.27. The maximum Gasteiger partial charge on any atom is 0.263 e. The summed E-state index contributed by atoms with van der Waals surface area (Å²) in [6.45, 7) is 0. The van der Waals surface area contributed by atoms with Crippen LogP contribution in [0.25, 0.3) is 0 Å². The molecule has 2 aromatic rings. The minimum absolute atomic E-state index is 0.111. The Balaban J connectivity index is 2.29. The first-order valence-corrected chi connectivity index (χ1v) is 6.13. The van der Waals surface area contributed by atoms with Crippen LogP contribution in [0.15, 0.2) is 46.0 Å². The number of hydrogen-bond acceptors (Lipinski definition) is 4. The van der Waals surface area contributed by atoms with Gasteiger partial charge in [-0.3, -0.25) is 4.72 Å². The van der Waals surface area contributed by atoms with E-state index in [4.69, 9.17) is 11.6 Å². The van der Waals surface area contributed by atoms with Crippen LogP contribution in [-0.2, 0) is 10.0 Å². The summed E-state index contributed by atoms with van der Waals surface area (Å²) >= 11 is 5.66. The molecule has 84 valence electrons. The summed E-state index contributed by atoms with van der Waals surface area (Å²) in [5.74, 6) is 0.134. The fourth-order valence-corrected chi connectivity index (χ4v) is 2.19. The Kier molecular flexibility index (Phi) is 2.84. The maximum absolute atomic E-state index is 11.8. The van der Waals surface area contributed by atoms with Crippen LogP contribution in [0.2, 0.25) is 5.02 Å². The molecule has 0 fully saturated rings. The molecule has 0 aliphatic carbocycles. The van der Waals surface area contributed by atoms with E-state index in [0.29, 0.717) is 5.02 Å². The lowest BCUT2D eigenvalue weighted by Gasteiger charge is -2.04. The van der Waals surface area contributed by atoms with Gasteiger partial charge in [0.05, 0.1) is 4.90 Å². The van der Waals surface area contributed by atoms with Crippen LogP contribution in [0.5, 0.6) is 0 Å². The number of anilines is 1. The van der Waals surface area contributed by atoms with Crippen molar-refractivity contribution < 1.29 is 12.9 Å². The molecule has 0 spiro atoms. The van der Waals surface area contributed by atoms with Gasteiger partial charge in [-0.2, -0.15) is 0 Å². The Labute approximate surface area is 97.1 Å². The molecule has 0 atom stereocenters. The van der Waals surface area contributed by atoms with E-state index in [0.717, 1.165) is 0 Å². The highest BCUT2D eigenvalue weighted by Gasteiger charge is 2.14. The summed E-state index contributed by atoms with van der Waals surface area (Å²) in [7, 11) is -3.63. The Hall–Kier alpha value is -1.53. The monoisotopic (exact) mass is 258 g/mol. The van der Waals surface area contributed by atoms with E-state index in [-0.39, 0.29) is 10.7 Å². The van der Waals surface area contributed by atoms with Gasteiger partial charge in [0.15, 0.2) is 5.82 Å². The number of nitrogens with one attached hydrogen (secondary N) is 1. The average molecular weight is 259 g/mol. The molecule has 0 unspecified atom stereocenters. The van der Waals surface area contributed by atoms with E-state index in [9.17, 15) is 8.42 Å². The topological polar surface area (TPSA) is 72.2 Å². The first-order chi connectivity index (χ1) is 7.58. The van der Waals surface area contributed by atoms with Gasteiger partial charge in [-0.05, 0) is 24.3 Å². The first kappa shape index (κ1) is 11.0. The molecule has 0 saturated heterocycles. The van der Waals surface area contributed by atoms with Crippen LogP contribution in [0, 0.1) is 0 Å². The zero-order valence-electron chi connectivity index (χ0n) is 7.92. The van der Waals surface area contributed by atoms with Crippen molar-refractivity contribution in [1.82, 2.24) is 5.16 Å². The highest BCUT2D eigenvalue weighted by molar-refractivity contribution is 7.92. The maximum atomic E-state index is 11.8. The molecular formula is C9H7ClN2O3S. The Bertz CT molecular complexity index is 563. The van der Waals surface area contributed by atoms with Crippen molar-refractivity contribution >= 4 is 27.4 Å². The van der Waals surface area contributed by atoms with Gasteiger partial charge in [-0.15, -0.1) is 0 Å². The second-order valence-electron chi connectivity index (χ2n) is 2.94. The zero-order valence-corrected chi connectivity index (χ0v) is 9.49. The average Bonchev–Trinajstić information content (AvgIpc) is 2.70. The second-order valence-corrected chi connectivity index (χ2v) is 5.06. The summed E-state index contributed by atoms with van der Waals surface area (Å²) < 4.78 is 30.3. The van der Waals surface area contributed by atoms with E-state index >= 15 is 0 Å². The predicted molar refractivity (Wildman–Crippen MR) is 58.8 cm³/mol. The number of benzene rings is 1. The summed E-state index contributed by atoms with van der Waals surface area (Å²) in [6, 6.07) is 7.22. The van der Waals surface area contributed by atoms with Gasteiger partial charge in [-0.1, -0.05) is 16.8 Å². The molecule has 7 heteroatoms. The van der Waals surface area contributed by atoms with Crippen LogP contribution in [0.1, 0.15) is 0 Å². The van der Waals surface area contributed by atoms with Crippen LogP contribution < -0.4 is 4.72 Å². The van der Waals surface area contributed by atoms with E-state index < -0.39 is 10.0 Å². The van der Waals surface area contributed by atoms with E-state index in [1.165, 1.54) is 36.6 Å². The Morgan fingerprint density at radius 3 is 2.44 bits per heavy atom. The van der Waals surface area contributed by atoms with E-state index in [2.05, 4.69) is 14.4 Å². The van der Waals surface area contributed by atoms with Crippen molar-refractivity contribution in [2.75, 3.05) is 4.72 Å². The molecule has 1 N–H and O–H groups in total. The minimum atomic E-state index is -3.63. The number of nitrogens with zero attached hydrogens (tertiary/aromatic N) is 1. The molecule has 0 radical (unpaired) electrons. The number of sulfonamides is 1. The Morgan fingerprint density at radius 2 is 1.88 bits per heavy atom. The zero-order chi connectivity index (χ0) is 11.6. The predicted octanol–water partition coefficient (Wildman–Crippen LogP) is 2.13. The number of hydrogen-bond donors (Lipinski definition) is 1. The van der Waals surface area contributed by atoms with Gasteiger partial charge in [0.25, 0.3) is 10.0 Å². The van der Waals surface area contributed by atoms with Crippen molar-refractivity contribution in [3.63, 3.8) is 0 Å². The molecule has 1 heterocycles. The largest absolute Gasteiger partial charge is 0.363 e. The molecule has 2 rings (SSSR count). The standard InChI is InChI=1S/C9H7ClN2O3S/c10-7-1-3-8(4-2-7)16(13,14)12-9-5-6-15-11-9/h1-6H,(H,11,12). The van der Waals surface area contributed by atoms with Crippen molar-refractivity contribution in [1.29, 1.82) is 0 Å². The quantitative estimate of drug-likeness (QED) is 0.915. The second kappa shape index (κ2) is 4.15. The van der Waals surface area contributed by atoms with Crippen LogP contribution in [0.4, 0.5) is 5.82 Å². The Morgan fingerprint density at radius 1 is 1.19 bits per heavy atom. The number of aromatic nitrogens is 1. The fourth-order valence-electron chi connectivity index (χ4n) is 1.08. The SMILES string of the molecule is O=S(=O)(Nc1ccon1)c1ccc(Cl)cc1. The molecule has 5 nitrogen and oxygen atoms in total. The van der Waals surface area contributed by atoms with Crippen molar-refractivity contribution in [3.8, 4) is 0 Å². The fraction of sp³-hybridized carbons (Fsp3) is 0. The summed E-state index contributed by atoms with van der Waals surface area (Å²) in [5.41, 5.74) is 0. The third kappa shape index (κ3) is 2.34. The molecule has 0 aliphatic rings. The molecule has 0 amide bonds. The molecule has 16 heavy (non-hydrogen) atoms. The van der Waals surface area contributed by atoms with E-state index in [1.807, 2.05) is 0 Å². The highest BCUT2D eigenvalue weighted by atomic mass is 35.5. The van der Waals surface area contributed by atoms with Crippen LogP contribution in [0.3, 0.4) is 0 Å². The highest BCUT2D eigenvalue weighted by Crippen LogP contribution is 2.16. The van der Waals surface area contributed by atoms with Gasteiger partial charge < -0.3 is 4.52 Å². The number of rotatable bonds is 3.